The summed E-state index contributed by atoms with van der Waals surface area (Å²) in [5, 5.41) is 3.30. The molecule has 1 aliphatic heterocycles. The molecule has 27 heavy (non-hydrogen) atoms. The second-order valence-corrected chi connectivity index (χ2v) is 6.26. The third-order valence-electron chi connectivity index (χ3n) is 4.30. The Kier molecular flexibility index (Phi) is 9.27. The zero-order valence-corrected chi connectivity index (χ0v) is 16.2. The molecule has 2 rings (SSSR count). The SMILES string of the molecule is CCNC(=NCCCOCCOC)N1CCN(c2cc(F)ccc2F)CC1. The molecule has 0 spiro atoms. The van der Waals surface area contributed by atoms with Gasteiger partial charge in [0.1, 0.15) is 11.6 Å². The molecule has 152 valence electrons. The number of anilines is 1. The molecule has 0 bridgehead atoms. The number of hydrogen-bond donors (Lipinski definition) is 1. The van der Waals surface area contributed by atoms with E-state index in [1.807, 2.05) is 11.8 Å². The van der Waals surface area contributed by atoms with Gasteiger partial charge in [-0.25, -0.2) is 8.78 Å². The molecule has 1 aliphatic rings. The Morgan fingerprint density at radius 3 is 2.63 bits per heavy atom. The maximum Gasteiger partial charge on any atom is 0.194 e. The van der Waals surface area contributed by atoms with Crippen molar-refractivity contribution in [2.45, 2.75) is 13.3 Å². The van der Waals surface area contributed by atoms with Gasteiger partial charge in [-0.1, -0.05) is 0 Å². The molecule has 0 amide bonds. The van der Waals surface area contributed by atoms with E-state index in [4.69, 9.17) is 9.47 Å². The number of ether oxygens (including phenoxy) is 2. The molecule has 1 heterocycles. The van der Waals surface area contributed by atoms with Crippen molar-refractivity contribution in [3.05, 3.63) is 29.8 Å². The topological polar surface area (TPSA) is 49.3 Å². The number of halogens is 2. The first kappa shape index (κ1) is 21.4. The Hall–Kier alpha value is -1.93. The zero-order valence-electron chi connectivity index (χ0n) is 16.2. The van der Waals surface area contributed by atoms with Crippen LogP contribution in [-0.2, 0) is 9.47 Å². The van der Waals surface area contributed by atoms with Crippen molar-refractivity contribution < 1.29 is 18.3 Å². The molecule has 1 N–H and O–H groups in total. The molecule has 0 atom stereocenters. The minimum Gasteiger partial charge on any atom is -0.382 e. The lowest BCUT2D eigenvalue weighted by Crippen LogP contribution is -2.52. The maximum absolute atomic E-state index is 14.0. The molecule has 1 aromatic carbocycles. The number of aliphatic imine (C=N–C) groups is 1. The van der Waals surface area contributed by atoms with Gasteiger partial charge in [0.25, 0.3) is 0 Å². The van der Waals surface area contributed by atoms with E-state index in [-0.39, 0.29) is 5.82 Å². The lowest BCUT2D eigenvalue weighted by atomic mass is 10.2. The molecule has 6 nitrogen and oxygen atoms in total. The summed E-state index contributed by atoms with van der Waals surface area (Å²) in [5.41, 5.74) is 0.324. The molecule has 0 unspecified atom stereocenters. The van der Waals surface area contributed by atoms with Gasteiger partial charge in [0.2, 0.25) is 0 Å². The number of methoxy groups -OCH3 is 1. The average Bonchev–Trinajstić information content (AvgIpc) is 2.68. The van der Waals surface area contributed by atoms with E-state index in [0.29, 0.717) is 58.2 Å². The molecule has 8 heteroatoms. The number of nitrogens with one attached hydrogen (secondary N) is 1. The highest BCUT2D eigenvalue weighted by molar-refractivity contribution is 5.80. The maximum atomic E-state index is 14.0. The van der Waals surface area contributed by atoms with Crippen LogP contribution in [0, 0.1) is 11.6 Å². The fourth-order valence-corrected chi connectivity index (χ4v) is 2.91. The molecule has 0 radical (unpaired) electrons. The summed E-state index contributed by atoms with van der Waals surface area (Å²) >= 11 is 0. The van der Waals surface area contributed by atoms with Crippen molar-refractivity contribution in [2.75, 3.05) is 71.1 Å². The largest absolute Gasteiger partial charge is 0.382 e. The summed E-state index contributed by atoms with van der Waals surface area (Å²) < 4.78 is 37.8. The molecular weight excluding hydrogens is 354 g/mol. The Morgan fingerprint density at radius 1 is 1.15 bits per heavy atom. The van der Waals surface area contributed by atoms with E-state index in [9.17, 15) is 8.78 Å². The molecule has 0 aliphatic carbocycles. The fraction of sp³-hybridized carbons (Fsp3) is 0.632. The molecule has 1 saturated heterocycles. The van der Waals surface area contributed by atoms with Crippen LogP contribution in [0.4, 0.5) is 14.5 Å². The zero-order chi connectivity index (χ0) is 19.5. The first-order chi connectivity index (χ1) is 13.2. The van der Waals surface area contributed by atoms with Gasteiger partial charge >= 0.3 is 0 Å². The van der Waals surface area contributed by atoms with Crippen LogP contribution in [0.25, 0.3) is 0 Å². The monoisotopic (exact) mass is 384 g/mol. The average molecular weight is 384 g/mol. The van der Waals surface area contributed by atoms with Gasteiger partial charge in [0.05, 0.1) is 18.9 Å². The summed E-state index contributed by atoms with van der Waals surface area (Å²) in [6, 6.07) is 3.58. The normalized spacial score (nSPS) is 15.3. The van der Waals surface area contributed by atoms with E-state index in [0.717, 1.165) is 25.0 Å². The predicted molar refractivity (Wildman–Crippen MR) is 103 cm³/mol. The van der Waals surface area contributed by atoms with Crippen LogP contribution in [-0.4, -0.2) is 77.1 Å². The highest BCUT2D eigenvalue weighted by Gasteiger charge is 2.21. The first-order valence-corrected chi connectivity index (χ1v) is 9.45. The smallest absolute Gasteiger partial charge is 0.194 e. The van der Waals surface area contributed by atoms with Crippen LogP contribution in [0.3, 0.4) is 0 Å². The van der Waals surface area contributed by atoms with E-state index in [2.05, 4.69) is 15.2 Å². The Morgan fingerprint density at radius 2 is 1.93 bits per heavy atom. The molecule has 1 fully saturated rings. The van der Waals surface area contributed by atoms with Crippen molar-refractivity contribution in [2.24, 2.45) is 4.99 Å². The van der Waals surface area contributed by atoms with Crippen molar-refractivity contribution in [3.8, 4) is 0 Å². The van der Waals surface area contributed by atoms with E-state index >= 15 is 0 Å². The molecule has 0 saturated carbocycles. The lowest BCUT2D eigenvalue weighted by molar-refractivity contribution is 0.0702. The number of guanidine groups is 1. The standard InChI is InChI=1S/C19H30F2N4O2/c1-3-22-19(23-7-4-12-27-14-13-26-2)25-10-8-24(9-11-25)18-15-16(20)5-6-17(18)21/h5-6,15H,3-4,7-14H2,1-2H3,(H,22,23). The van der Waals surface area contributed by atoms with Crippen molar-refractivity contribution in [3.63, 3.8) is 0 Å². The van der Waals surface area contributed by atoms with Gasteiger partial charge < -0.3 is 24.6 Å². The van der Waals surface area contributed by atoms with Crippen LogP contribution in [0.5, 0.6) is 0 Å². The minimum atomic E-state index is -0.420. The highest BCUT2D eigenvalue weighted by Crippen LogP contribution is 2.21. The van der Waals surface area contributed by atoms with E-state index in [1.165, 1.54) is 12.1 Å². The number of piperazine rings is 1. The second kappa shape index (κ2) is 11.7. The minimum absolute atomic E-state index is 0.324. The first-order valence-electron chi connectivity index (χ1n) is 9.45. The van der Waals surface area contributed by atoms with Crippen molar-refractivity contribution in [1.82, 2.24) is 10.2 Å². The summed E-state index contributed by atoms with van der Waals surface area (Å²) in [4.78, 5) is 8.68. The predicted octanol–water partition coefficient (Wildman–Crippen LogP) is 2.11. The fourth-order valence-electron chi connectivity index (χ4n) is 2.91. The molecule has 1 aromatic rings. The molecule has 0 aromatic heterocycles. The van der Waals surface area contributed by atoms with Crippen LogP contribution in [0.2, 0.25) is 0 Å². The third kappa shape index (κ3) is 6.95. The number of benzene rings is 1. The van der Waals surface area contributed by atoms with Gasteiger partial charge in [-0.3, -0.25) is 4.99 Å². The Labute approximate surface area is 160 Å². The quantitative estimate of drug-likeness (QED) is 0.401. The van der Waals surface area contributed by atoms with Gasteiger partial charge in [-0.15, -0.1) is 0 Å². The summed E-state index contributed by atoms with van der Waals surface area (Å²) in [7, 11) is 1.65. The summed E-state index contributed by atoms with van der Waals surface area (Å²) in [6.07, 6.45) is 0.840. The van der Waals surface area contributed by atoms with E-state index < -0.39 is 5.82 Å². The number of hydrogen-bond acceptors (Lipinski definition) is 4. The van der Waals surface area contributed by atoms with Crippen LogP contribution in [0.1, 0.15) is 13.3 Å². The number of rotatable bonds is 9. The van der Waals surface area contributed by atoms with Crippen LogP contribution < -0.4 is 10.2 Å². The summed E-state index contributed by atoms with van der Waals surface area (Å²) in [5.74, 6) is 0.0455. The second-order valence-electron chi connectivity index (χ2n) is 6.26. The Bertz CT molecular complexity index is 593. The highest BCUT2D eigenvalue weighted by atomic mass is 19.1. The lowest BCUT2D eigenvalue weighted by Gasteiger charge is -2.37. The molecular formula is C19H30F2N4O2. The van der Waals surface area contributed by atoms with Crippen LogP contribution in [0.15, 0.2) is 23.2 Å². The van der Waals surface area contributed by atoms with Gasteiger partial charge in [-0.05, 0) is 25.5 Å². The summed E-state index contributed by atoms with van der Waals surface area (Å²) in [6.45, 7) is 7.96. The van der Waals surface area contributed by atoms with E-state index in [1.54, 1.807) is 7.11 Å². The van der Waals surface area contributed by atoms with Gasteiger partial charge in [-0.2, -0.15) is 0 Å². The Balaban J connectivity index is 1.83. The third-order valence-corrected chi connectivity index (χ3v) is 4.30. The van der Waals surface area contributed by atoms with Gasteiger partial charge in [0.15, 0.2) is 5.96 Å². The van der Waals surface area contributed by atoms with Gasteiger partial charge in [0, 0.05) is 59.1 Å². The van der Waals surface area contributed by atoms with Crippen LogP contribution >= 0.6 is 0 Å². The van der Waals surface area contributed by atoms with Crippen molar-refractivity contribution >= 4 is 11.6 Å². The van der Waals surface area contributed by atoms with Crippen molar-refractivity contribution in [1.29, 1.82) is 0 Å². The number of nitrogens with zero attached hydrogens (tertiary/aromatic N) is 3.